The Kier molecular flexibility index (Phi) is 3.92. The molecule has 0 aliphatic heterocycles. The predicted molar refractivity (Wildman–Crippen MR) is 164 cm³/mol. The molecule has 0 aliphatic rings. The van der Waals surface area contributed by atoms with E-state index in [1.54, 1.807) is 0 Å². The number of fused-ring (bicyclic) bond motifs is 13. The SMILES string of the molecule is c1cc2ccc3c(c2cc#1)c1c2ccccc2c2ccccc2c1n3-c1ccc2sc3ccccc3c2c1. The Balaban J connectivity index is 1.57. The quantitative estimate of drug-likeness (QED) is 0.199. The van der Waals surface area contributed by atoms with E-state index in [1.165, 1.54) is 80.0 Å². The number of hydrogen-bond acceptors (Lipinski definition) is 1. The van der Waals surface area contributed by atoms with Crippen molar-refractivity contribution in [3.63, 3.8) is 0 Å². The molecule has 2 aromatic heterocycles. The molecule has 0 bridgehead atoms. The van der Waals surface area contributed by atoms with Crippen LogP contribution < -0.4 is 0 Å². The van der Waals surface area contributed by atoms with Gasteiger partial charge in [-0.2, -0.15) is 0 Å². The molecule has 0 spiro atoms. The van der Waals surface area contributed by atoms with Gasteiger partial charge in [0.05, 0.1) is 11.0 Å². The molecule has 1 nitrogen and oxygen atoms in total. The highest BCUT2D eigenvalue weighted by atomic mass is 32.1. The molecule has 0 N–H and O–H groups in total. The molecule has 7 aromatic carbocycles. The molecule has 0 saturated carbocycles. The number of rotatable bonds is 1. The van der Waals surface area contributed by atoms with E-state index in [0.29, 0.717) is 0 Å². The molecule has 38 heavy (non-hydrogen) atoms. The summed E-state index contributed by atoms with van der Waals surface area (Å²) >= 11 is 1.86. The first-order valence-corrected chi connectivity index (χ1v) is 13.7. The van der Waals surface area contributed by atoms with Crippen LogP contribution in [0.15, 0.2) is 115 Å². The average Bonchev–Trinajstić information content (AvgIpc) is 3.53. The first-order chi connectivity index (χ1) is 18.9. The van der Waals surface area contributed by atoms with E-state index in [-0.39, 0.29) is 0 Å². The summed E-state index contributed by atoms with van der Waals surface area (Å²) in [6, 6.07) is 48.4. The number of thiophene rings is 1. The van der Waals surface area contributed by atoms with Crippen LogP contribution in [0.4, 0.5) is 0 Å². The lowest BCUT2D eigenvalue weighted by Gasteiger charge is -2.12. The van der Waals surface area contributed by atoms with Gasteiger partial charge in [-0.15, -0.1) is 11.3 Å². The largest absolute Gasteiger partial charge is 0.309 e. The van der Waals surface area contributed by atoms with Crippen molar-refractivity contribution in [2.45, 2.75) is 0 Å². The van der Waals surface area contributed by atoms with E-state index in [1.807, 2.05) is 17.4 Å². The van der Waals surface area contributed by atoms with Gasteiger partial charge in [-0.25, -0.2) is 0 Å². The molecule has 0 fully saturated rings. The molecule has 0 unspecified atom stereocenters. The maximum Gasteiger partial charge on any atom is 0.0626 e. The fraction of sp³-hybridized carbons (Fsp3) is 0. The second-order valence-electron chi connectivity index (χ2n) is 9.97. The van der Waals surface area contributed by atoms with E-state index in [0.717, 1.165) is 0 Å². The number of nitrogens with zero attached hydrogens (tertiary/aromatic N) is 1. The summed E-state index contributed by atoms with van der Waals surface area (Å²) in [5.41, 5.74) is 3.66. The van der Waals surface area contributed by atoms with Crippen LogP contribution in [-0.4, -0.2) is 4.57 Å². The van der Waals surface area contributed by atoms with E-state index in [2.05, 4.69) is 126 Å². The van der Waals surface area contributed by atoms with Gasteiger partial charge in [0.1, 0.15) is 0 Å². The second-order valence-corrected chi connectivity index (χ2v) is 11.1. The zero-order valence-corrected chi connectivity index (χ0v) is 21.1. The van der Waals surface area contributed by atoms with Crippen molar-refractivity contribution in [1.29, 1.82) is 0 Å². The summed E-state index contributed by atoms with van der Waals surface area (Å²) in [6.07, 6.45) is 0. The average molecular weight is 498 g/mol. The Morgan fingerprint density at radius 1 is 0.500 bits per heavy atom. The minimum absolute atomic E-state index is 1.19. The number of aromatic nitrogens is 1. The molecular weight excluding hydrogens is 478 g/mol. The Labute approximate surface area is 222 Å². The van der Waals surface area contributed by atoms with Gasteiger partial charge in [0.25, 0.3) is 0 Å². The predicted octanol–water partition coefficient (Wildman–Crippen LogP) is 10.2. The van der Waals surface area contributed by atoms with Crippen molar-refractivity contribution >= 4 is 85.6 Å². The highest BCUT2D eigenvalue weighted by molar-refractivity contribution is 7.25. The van der Waals surface area contributed by atoms with Gasteiger partial charge < -0.3 is 4.57 Å². The van der Waals surface area contributed by atoms with Crippen LogP contribution in [0.25, 0.3) is 80.0 Å². The minimum atomic E-state index is 1.19. The van der Waals surface area contributed by atoms with Crippen LogP contribution in [-0.2, 0) is 0 Å². The van der Waals surface area contributed by atoms with Crippen LogP contribution in [0, 0.1) is 12.1 Å². The van der Waals surface area contributed by atoms with Crippen molar-refractivity contribution < 1.29 is 0 Å². The third-order valence-corrected chi connectivity index (χ3v) is 9.18. The highest BCUT2D eigenvalue weighted by Crippen LogP contribution is 2.45. The van der Waals surface area contributed by atoms with E-state index in [4.69, 9.17) is 0 Å². The number of benzene rings is 6. The van der Waals surface area contributed by atoms with Gasteiger partial charge in [-0.1, -0.05) is 84.9 Å². The van der Waals surface area contributed by atoms with Gasteiger partial charge >= 0.3 is 0 Å². The fourth-order valence-electron chi connectivity index (χ4n) is 6.44. The normalized spacial score (nSPS) is 12.0. The Bertz CT molecular complexity index is 2400. The Morgan fingerprint density at radius 2 is 1.18 bits per heavy atom. The lowest BCUT2D eigenvalue weighted by atomic mass is 9.95. The topological polar surface area (TPSA) is 4.93 Å². The van der Waals surface area contributed by atoms with Crippen LogP contribution in [0.1, 0.15) is 0 Å². The molecule has 9 aromatic rings. The zero-order chi connectivity index (χ0) is 24.8. The van der Waals surface area contributed by atoms with Crippen LogP contribution in [0.3, 0.4) is 0 Å². The molecule has 0 radical (unpaired) electrons. The summed E-state index contributed by atoms with van der Waals surface area (Å²) < 4.78 is 5.14. The van der Waals surface area contributed by atoms with Crippen molar-refractivity contribution in [2.24, 2.45) is 0 Å². The number of hydrogen-bond donors (Lipinski definition) is 0. The van der Waals surface area contributed by atoms with Gasteiger partial charge in [-0.3, -0.25) is 0 Å². The lowest BCUT2D eigenvalue weighted by molar-refractivity contribution is 1.19. The summed E-state index contributed by atoms with van der Waals surface area (Å²) in [7, 11) is 0. The molecule has 0 amide bonds. The van der Waals surface area contributed by atoms with Crippen LogP contribution >= 0.6 is 11.3 Å². The molecule has 0 atom stereocenters. The summed E-state index contributed by atoms with van der Waals surface area (Å²) in [6.45, 7) is 0. The third kappa shape index (κ3) is 2.56. The monoisotopic (exact) mass is 497 g/mol. The molecule has 2 heteroatoms. The van der Waals surface area contributed by atoms with E-state index in [9.17, 15) is 0 Å². The summed E-state index contributed by atoms with van der Waals surface area (Å²) in [5, 5.41) is 12.7. The smallest absolute Gasteiger partial charge is 0.0626 e. The zero-order valence-electron chi connectivity index (χ0n) is 20.3. The molecule has 9 rings (SSSR count). The van der Waals surface area contributed by atoms with Crippen molar-refractivity contribution in [3.05, 3.63) is 127 Å². The maximum absolute atomic E-state index is 3.23. The minimum Gasteiger partial charge on any atom is -0.309 e. The van der Waals surface area contributed by atoms with Crippen molar-refractivity contribution in [1.82, 2.24) is 4.57 Å². The van der Waals surface area contributed by atoms with Crippen LogP contribution in [0.2, 0.25) is 0 Å². The third-order valence-electron chi connectivity index (χ3n) is 8.02. The molecule has 0 aliphatic carbocycles. The van der Waals surface area contributed by atoms with Gasteiger partial charge in [0, 0.05) is 47.4 Å². The van der Waals surface area contributed by atoms with Crippen molar-refractivity contribution in [2.75, 3.05) is 0 Å². The fourth-order valence-corrected chi connectivity index (χ4v) is 7.52. The highest BCUT2D eigenvalue weighted by Gasteiger charge is 2.20. The van der Waals surface area contributed by atoms with E-state index >= 15 is 0 Å². The first-order valence-electron chi connectivity index (χ1n) is 12.9. The van der Waals surface area contributed by atoms with Crippen LogP contribution in [0.5, 0.6) is 0 Å². The van der Waals surface area contributed by atoms with E-state index < -0.39 is 0 Å². The standard InChI is InChI=1S/C36H19NS/c1-2-10-24-22(9-1)17-19-31-34(24)35-28-14-5-3-11-25(28)26-12-4-6-15-29(26)36(35)37(31)23-18-20-33-30(21-23)27-13-7-8-16-32(27)38-33/h3-21H. The second kappa shape index (κ2) is 7.35. The molecular formula is C36H19NS. The summed E-state index contributed by atoms with van der Waals surface area (Å²) in [4.78, 5) is 0. The molecule has 174 valence electrons. The lowest BCUT2D eigenvalue weighted by Crippen LogP contribution is -1.94. The van der Waals surface area contributed by atoms with Gasteiger partial charge in [-0.05, 0) is 64.0 Å². The maximum atomic E-state index is 3.23. The molecule has 0 saturated heterocycles. The van der Waals surface area contributed by atoms with Gasteiger partial charge in [0.2, 0.25) is 0 Å². The first kappa shape index (κ1) is 20.2. The van der Waals surface area contributed by atoms with Crippen molar-refractivity contribution in [3.8, 4) is 5.69 Å². The van der Waals surface area contributed by atoms with Gasteiger partial charge in [0.15, 0.2) is 0 Å². The molecule has 2 heterocycles. The Hall–Kier alpha value is -4.84. The Morgan fingerprint density at radius 3 is 2.05 bits per heavy atom. The summed E-state index contributed by atoms with van der Waals surface area (Å²) in [5.74, 6) is 0.